The number of nitrogens with zero attached hydrogens (tertiary/aromatic N) is 2. The minimum absolute atomic E-state index is 0.233. The van der Waals surface area contributed by atoms with Crippen LogP contribution in [0.5, 0.6) is 0 Å². The highest BCUT2D eigenvalue weighted by molar-refractivity contribution is 8.00. The molecule has 4 nitrogen and oxygen atoms in total. The molecule has 2 aromatic rings. The Labute approximate surface area is 129 Å². The second-order valence-corrected chi connectivity index (χ2v) is 6.90. The maximum absolute atomic E-state index is 9.28. The van der Waals surface area contributed by atoms with Crippen LogP contribution in [0.2, 0.25) is 0 Å². The molecule has 1 fully saturated rings. The molecule has 1 aromatic heterocycles. The zero-order valence-electron chi connectivity index (χ0n) is 12.3. The number of benzene rings is 1. The van der Waals surface area contributed by atoms with E-state index in [0.29, 0.717) is 0 Å². The average Bonchev–Trinajstić information content (AvgIpc) is 2.84. The fourth-order valence-electron chi connectivity index (χ4n) is 2.85. The summed E-state index contributed by atoms with van der Waals surface area (Å²) in [5.41, 5.74) is 4.21. The Morgan fingerprint density at radius 2 is 2.14 bits per heavy atom. The van der Waals surface area contributed by atoms with Gasteiger partial charge in [0.1, 0.15) is 0 Å². The molecule has 1 aliphatic carbocycles. The summed E-state index contributed by atoms with van der Waals surface area (Å²) in [4.78, 5) is 8.02. The Morgan fingerprint density at radius 3 is 3.00 bits per heavy atom. The fraction of sp³-hybridized carbons (Fsp3) is 0.500. The van der Waals surface area contributed by atoms with E-state index in [2.05, 4.69) is 34.2 Å². The summed E-state index contributed by atoms with van der Waals surface area (Å²) in [6.45, 7) is 2.08. The Bertz CT molecular complexity index is 650. The highest BCUT2D eigenvalue weighted by Crippen LogP contribution is 2.30. The number of hydrogen-bond acceptors (Lipinski definition) is 4. The van der Waals surface area contributed by atoms with Gasteiger partial charge in [-0.05, 0) is 43.9 Å². The Kier molecular flexibility index (Phi) is 4.48. The fourth-order valence-corrected chi connectivity index (χ4v) is 4.02. The summed E-state index contributed by atoms with van der Waals surface area (Å²) in [6.07, 6.45) is 6.77. The van der Waals surface area contributed by atoms with Gasteiger partial charge in [-0.25, -0.2) is 4.98 Å². The number of aromatic amines is 1. The summed E-state index contributed by atoms with van der Waals surface area (Å²) in [6, 6.07) is 6.24. The van der Waals surface area contributed by atoms with Crippen LogP contribution in [-0.4, -0.2) is 26.1 Å². The molecule has 1 atom stereocenters. The first-order chi connectivity index (χ1) is 10.3. The Balaban J connectivity index is 1.81. The number of oxime groups is 1. The number of aromatic nitrogens is 2. The summed E-state index contributed by atoms with van der Waals surface area (Å²) < 4.78 is 0. The molecule has 0 aliphatic heterocycles. The van der Waals surface area contributed by atoms with Crippen molar-refractivity contribution in [2.24, 2.45) is 5.16 Å². The molecule has 112 valence electrons. The second kappa shape index (κ2) is 6.52. The smallest absolute Gasteiger partial charge is 0.167 e. The van der Waals surface area contributed by atoms with Crippen LogP contribution in [0.1, 0.15) is 44.1 Å². The normalized spacial score (nSPS) is 22.3. The molecule has 1 unspecified atom stereocenters. The second-order valence-electron chi connectivity index (χ2n) is 5.71. The number of fused-ring (bicyclic) bond motifs is 1. The predicted molar refractivity (Wildman–Crippen MR) is 87.4 cm³/mol. The topological polar surface area (TPSA) is 61.3 Å². The average molecular weight is 303 g/mol. The molecule has 1 aliphatic rings. The van der Waals surface area contributed by atoms with Crippen molar-refractivity contribution in [2.45, 2.75) is 55.9 Å². The number of thioether (sulfide) groups is 1. The third kappa shape index (κ3) is 3.40. The first-order valence-electron chi connectivity index (χ1n) is 7.60. The molecule has 0 radical (unpaired) electrons. The van der Waals surface area contributed by atoms with Gasteiger partial charge in [-0.2, -0.15) is 0 Å². The third-order valence-corrected chi connectivity index (χ3v) is 5.23. The molecule has 2 N–H and O–H groups in total. The van der Waals surface area contributed by atoms with E-state index >= 15 is 0 Å². The standard InChI is InChI=1S/C16H21N3OS/c1-11-8-9-12-14(10-11)18-16(17-12)21-15-7-5-3-2-4-6-13(15)19-20/h8-10,15,20H,2-7H2,1H3,(H,17,18). The summed E-state index contributed by atoms with van der Waals surface area (Å²) in [5.74, 6) is 0. The molecule has 3 rings (SSSR count). The first kappa shape index (κ1) is 14.4. The van der Waals surface area contributed by atoms with Crippen LogP contribution in [0, 0.1) is 6.92 Å². The summed E-state index contributed by atoms with van der Waals surface area (Å²) >= 11 is 1.69. The van der Waals surface area contributed by atoms with Crippen LogP contribution in [-0.2, 0) is 0 Å². The van der Waals surface area contributed by atoms with Gasteiger partial charge in [0.2, 0.25) is 0 Å². The van der Waals surface area contributed by atoms with Gasteiger partial charge in [0.05, 0.1) is 22.0 Å². The van der Waals surface area contributed by atoms with Gasteiger partial charge < -0.3 is 10.2 Å². The molecule has 5 heteroatoms. The first-order valence-corrected chi connectivity index (χ1v) is 8.48. The Hall–Kier alpha value is -1.49. The van der Waals surface area contributed by atoms with Crippen molar-refractivity contribution in [1.82, 2.24) is 9.97 Å². The van der Waals surface area contributed by atoms with E-state index in [4.69, 9.17) is 0 Å². The lowest BCUT2D eigenvalue weighted by atomic mass is 9.99. The molecular weight excluding hydrogens is 282 g/mol. The SMILES string of the molecule is Cc1ccc2nc(SC3CCCCCCC3=NO)[nH]c2c1. The van der Waals surface area contributed by atoms with Crippen LogP contribution in [0.15, 0.2) is 28.5 Å². The molecule has 1 heterocycles. The van der Waals surface area contributed by atoms with E-state index < -0.39 is 0 Å². The molecular formula is C16H21N3OS. The maximum Gasteiger partial charge on any atom is 0.167 e. The van der Waals surface area contributed by atoms with E-state index in [1.807, 2.05) is 6.07 Å². The van der Waals surface area contributed by atoms with Crippen LogP contribution in [0.4, 0.5) is 0 Å². The summed E-state index contributed by atoms with van der Waals surface area (Å²) in [5, 5.41) is 14.0. The van der Waals surface area contributed by atoms with E-state index in [0.717, 1.165) is 41.2 Å². The zero-order valence-corrected chi connectivity index (χ0v) is 13.1. The number of aryl methyl sites for hydroxylation is 1. The van der Waals surface area contributed by atoms with Crippen LogP contribution < -0.4 is 0 Å². The Morgan fingerprint density at radius 1 is 1.29 bits per heavy atom. The number of nitrogens with one attached hydrogen (secondary N) is 1. The van der Waals surface area contributed by atoms with Crippen molar-refractivity contribution in [3.8, 4) is 0 Å². The molecule has 0 amide bonds. The number of imidazole rings is 1. The molecule has 1 saturated carbocycles. The van der Waals surface area contributed by atoms with E-state index in [1.165, 1.54) is 24.8 Å². The lowest BCUT2D eigenvalue weighted by Gasteiger charge is -2.19. The van der Waals surface area contributed by atoms with Crippen molar-refractivity contribution in [1.29, 1.82) is 0 Å². The van der Waals surface area contributed by atoms with Crippen molar-refractivity contribution in [2.75, 3.05) is 0 Å². The van der Waals surface area contributed by atoms with Gasteiger partial charge in [0, 0.05) is 0 Å². The minimum Gasteiger partial charge on any atom is -0.411 e. The lowest BCUT2D eigenvalue weighted by molar-refractivity contribution is 0.315. The van der Waals surface area contributed by atoms with E-state index in [9.17, 15) is 5.21 Å². The molecule has 21 heavy (non-hydrogen) atoms. The molecule has 0 spiro atoms. The van der Waals surface area contributed by atoms with Gasteiger partial charge in [-0.1, -0.05) is 42.2 Å². The highest BCUT2D eigenvalue weighted by atomic mass is 32.2. The highest BCUT2D eigenvalue weighted by Gasteiger charge is 2.21. The lowest BCUT2D eigenvalue weighted by Crippen LogP contribution is -2.19. The number of hydrogen-bond donors (Lipinski definition) is 2. The van der Waals surface area contributed by atoms with E-state index in [-0.39, 0.29) is 5.25 Å². The molecule has 0 bridgehead atoms. The summed E-state index contributed by atoms with van der Waals surface area (Å²) in [7, 11) is 0. The van der Waals surface area contributed by atoms with Crippen molar-refractivity contribution < 1.29 is 5.21 Å². The maximum atomic E-state index is 9.28. The van der Waals surface area contributed by atoms with Gasteiger partial charge in [-0.15, -0.1) is 0 Å². The monoisotopic (exact) mass is 303 g/mol. The van der Waals surface area contributed by atoms with Crippen LogP contribution in [0.25, 0.3) is 11.0 Å². The van der Waals surface area contributed by atoms with Gasteiger partial charge in [0.25, 0.3) is 0 Å². The van der Waals surface area contributed by atoms with Crippen molar-refractivity contribution in [3.63, 3.8) is 0 Å². The van der Waals surface area contributed by atoms with Gasteiger partial charge >= 0.3 is 0 Å². The van der Waals surface area contributed by atoms with Gasteiger partial charge in [-0.3, -0.25) is 0 Å². The van der Waals surface area contributed by atoms with Crippen LogP contribution in [0.3, 0.4) is 0 Å². The quantitative estimate of drug-likeness (QED) is 0.633. The van der Waals surface area contributed by atoms with Gasteiger partial charge in [0.15, 0.2) is 5.16 Å². The van der Waals surface area contributed by atoms with E-state index in [1.54, 1.807) is 11.8 Å². The molecule has 1 aromatic carbocycles. The van der Waals surface area contributed by atoms with Crippen LogP contribution >= 0.6 is 11.8 Å². The number of H-pyrrole nitrogens is 1. The number of rotatable bonds is 2. The third-order valence-electron chi connectivity index (χ3n) is 4.02. The molecule has 0 saturated heterocycles. The zero-order chi connectivity index (χ0) is 14.7. The predicted octanol–water partition coefficient (Wildman–Crippen LogP) is 4.52. The van der Waals surface area contributed by atoms with Crippen molar-refractivity contribution in [3.05, 3.63) is 23.8 Å². The minimum atomic E-state index is 0.233. The van der Waals surface area contributed by atoms with Crippen molar-refractivity contribution >= 4 is 28.5 Å². The largest absolute Gasteiger partial charge is 0.411 e.